The van der Waals surface area contributed by atoms with E-state index in [4.69, 9.17) is 9.62 Å². The Kier molecular flexibility index (Phi) is 1.55. The highest BCUT2D eigenvalue weighted by molar-refractivity contribution is 5.97. The Morgan fingerprint density at radius 1 is 1.33 bits per heavy atom. The standard InChI is InChI=1S/C9H7NO2/c11-10-5-7-6-12-9-4-2-1-3-8(7)9/h1-6,11H/b10-5-. The van der Waals surface area contributed by atoms with Crippen molar-refractivity contribution in [3.05, 3.63) is 36.1 Å². The van der Waals surface area contributed by atoms with Crippen molar-refractivity contribution in [3.8, 4) is 0 Å². The molecule has 60 valence electrons. The number of fused-ring (bicyclic) bond motifs is 1. The van der Waals surface area contributed by atoms with Crippen molar-refractivity contribution < 1.29 is 9.62 Å². The first-order valence-electron chi connectivity index (χ1n) is 3.55. The molecule has 0 aliphatic rings. The molecule has 3 heteroatoms. The molecule has 0 radical (unpaired) electrons. The number of rotatable bonds is 1. The van der Waals surface area contributed by atoms with Gasteiger partial charge in [0.05, 0.1) is 6.21 Å². The summed E-state index contributed by atoms with van der Waals surface area (Å²) in [4.78, 5) is 0. The number of oxime groups is 1. The number of hydrogen-bond donors (Lipinski definition) is 1. The van der Waals surface area contributed by atoms with E-state index >= 15 is 0 Å². The van der Waals surface area contributed by atoms with Crippen LogP contribution in [0.5, 0.6) is 0 Å². The summed E-state index contributed by atoms with van der Waals surface area (Å²) in [5, 5.41) is 12.2. The van der Waals surface area contributed by atoms with Crippen molar-refractivity contribution in [1.82, 2.24) is 0 Å². The number of furan rings is 1. The average molecular weight is 161 g/mol. The highest BCUT2D eigenvalue weighted by atomic mass is 16.4. The van der Waals surface area contributed by atoms with E-state index in [-0.39, 0.29) is 0 Å². The van der Waals surface area contributed by atoms with Crippen LogP contribution in [0.25, 0.3) is 11.0 Å². The Morgan fingerprint density at radius 3 is 3.00 bits per heavy atom. The monoisotopic (exact) mass is 161 g/mol. The summed E-state index contributed by atoms with van der Waals surface area (Å²) in [5.74, 6) is 0. The Balaban J connectivity index is 2.70. The van der Waals surface area contributed by atoms with Crippen molar-refractivity contribution in [2.45, 2.75) is 0 Å². The lowest BCUT2D eigenvalue weighted by Gasteiger charge is -1.85. The smallest absolute Gasteiger partial charge is 0.134 e. The SMILES string of the molecule is O/N=C\c1coc2ccccc12. The van der Waals surface area contributed by atoms with E-state index in [9.17, 15) is 0 Å². The van der Waals surface area contributed by atoms with Crippen LogP contribution in [-0.4, -0.2) is 11.4 Å². The maximum absolute atomic E-state index is 8.33. The van der Waals surface area contributed by atoms with Crippen molar-refractivity contribution >= 4 is 17.2 Å². The molecule has 0 saturated carbocycles. The van der Waals surface area contributed by atoms with Crippen LogP contribution in [0.2, 0.25) is 0 Å². The third-order valence-corrected chi connectivity index (χ3v) is 1.71. The first-order valence-corrected chi connectivity index (χ1v) is 3.55. The van der Waals surface area contributed by atoms with Gasteiger partial charge in [0.2, 0.25) is 0 Å². The second kappa shape index (κ2) is 2.70. The zero-order valence-electron chi connectivity index (χ0n) is 6.27. The fourth-order valence-electron chi connectivity index (χ4n) is 1.16. The molecule has 0 fully saturated rings. The fourth-order valence-corrected chi connectivity index (χ4v) is 1.16. The summed E-state index contributed by atoms with van der Waals surface area (Å²) in [5.41, 5.74) is 1.58. The van der Waals surface area contributed by atoms with Crippen LogP contribution in [-0.2, 0) is 0 Å². The van der Waals surface area contributed by atoms with Gasteiger partial charge >= 0.3 is 0 Å². The van der Waals surface area contributed by atoms with Crippen LogP contribution < -0.4 is 0 Å². The van der Waals surface area contributed by atoms with Crippen molar-refractivity contribution in [2.24, 2.45) is 5.16 Å². The van der Waals surface area contributed by atoms with Gasteiger partial charge in [0.25, 0.3) is 0 Å². The minimum atomic E-state index is 0.785. The zero-order valence-corrected chi connectivity index (χ0v) is 6.27. The summed E-state index contributed by atoms with van der Waals surface area (Å²) < 4.78 is 5.20. The average Bonchev–Trinajstić information content (AvgIpc) is 2.50. The highest BCUT2D eigenvalue weighted by Crippen LogP contribution is 2.18. The van der Waals surface area contributed by atoms with Gasteiger partial charge in [0.15, 0.2) is 0 Å². The number of benzene rings is 1. The first kappa shape index (κ1) is 6.91. The van der Waals surface area contributed by atoms with Crippen LogP contribution in [0.4, 0.5) is 0 Å². The lowest BCUT2D eigenvalue weighted by atomic mass is 10.2. The molecule has 0 unspecified atom stereocenters. The van der Waals surface area contributed by atoms with Crippen LogP contribution in [0.1, 0.15) is 5.56 Å². The molecule has 3 nitrogen and oxygen atoms in total. The molecular weight excluding hydrogens is 154 g/mol. The molecule has 0 bridgehead atoms. The van der Waals surface area contributed by atoms with Gasteiger partial charge in [-0.15, -0.1) is 0 Å². The lowest BCUT2D eigenvalue weighted by Crippen LogP contribution is -1.75. The summed E-state index contributed by atoms with van der Waals surface area (Å²) in [6.07, 6.45) is 2.91. The number of para-hydroxylation sites is 1. The van der Waals surface area contributed by atoms with Gasteiger partial charge in [-0.2, -0.15) is 0 Å². The van der Waals surface area contributed by atoms with Crippen molar-refractivity contribution in [2.75, 3.05) is 0 Å². The first-order chi connectivity index (χ1) is 5.92. The van der Waals surface area contributed by atoms with Gasteiger partial charge in [0, 0.05) is 10.9 Å². The van der Waals surface area contributed by atoms with Crippen LogP contribution in [0.3, 0.4) is 0 Å². The largest absolute Gasteiger partial charge is 0.464 e. The zero-order chi connectivity index (χ0) is 8.39. The summed E-state index contributed by atoms with van der Waals surface area (Å²) in [6, 6.07) is 7.58. The fraction of sp³-hybridized carbons (Fsp3) is 0. The van der Waals surface area contributed by atoms with Crippen LogP contribution in [0, 0.1) is 0 Å². The second-order valence-corrected chi connectivity index (χ2v) is 2.43. The maximum Gasteiger partial charge on any atom is 0.134 e. The van der Waals surface area contributed by atoms with E-state index in [0.717, 1.165) is 16.5 Å². The Bertz CT molecular complexity index is 417. The summed E-state index contributed by atoms with van der Waals surface area (Å²) in [7, 11) is 0. The van der Waals surface area contributed by atoms with Crippen molar-refractivity contribution in [1.29, 1.82) is 0 Å². The molecule has 0 aliphatic heterocycles. The quantitative estimate of drug-likeness (QED) is 0.396. The van der Waals surface area contributed by atoms with Gasteiger partial charge in [-0.3, -0.25) is 0 Å². The highest BCUT2D eigenvalue weighted by Gasteiger charge is 2.00. The Hall–Kier alpha value is -1.77. The van der Waals surface area contributed by atoms with Gasteiger partial charge in [0.1, 0.15) is 11.8 Å². The molecule has 1 aromatic carbocycles. The number of hydrogen-bond acceptors (Lipinski definition) is 3. The molecule has 0 aliphatic carbocycles. The van der Waals surface area contributed by atoms with Crippen LogP contribution >= 0.6 is 0 Å². The summed E-state index contributed by atoms with van der Waals surface area (Å²) in [6.45, 7) is 0. The third kappa shape index (κ3) is 0.955. The topological polar surface area (TPSA) is 45.7 Å². The number of nitrogens with zero attached hydrogens (tertiary/aromatic N) is 1. The molecule has 0 spiro atoms. The summed E-state index contributed by atoms with van der Waals surface area (Å²) >= 11 is 0. The van der Waals surface area contributed by atoms with E-state index in [0.29, 0.717) is 0 Å². The van der Waals surface area contributed by atoms with Gasteiger partial charge in [-0.1, -0.05) is 23.4 Å². The minimum Gasteiger partial charge on any atom is -0.464 e. The third-order valence-electron chi connectivity index (χ3n) is 1.71. The predicted octanol–water partition coefficient (Wildman–Crippen LogP) is 2.24. The van der Waals surface area contributed by atoms with E-state index < -0.39 is 0 Å². The maximum atomic E-state index is 8.33. The van der Waals surface area contributed by atoms with E-state index in [1.54, 1.807) is 6.26 Å². The normalized spacial score (nSPS) is 11.3. The van der Waals surface area contributed by atoms with E-state index in [2.05, 4.69) is 5.16 Å². The van der Waals surface area contributed by atoms with Gasteiger partial charge in [-0.05, 0) is 6.07 Å². The molecule has 0 atom stereocenters. The van der Waals surface area contributed by atoms with Gasteiger partial charge < -0.3 is 9.62 Å². The molecule has 0 saturated heterocycles. The van der Waals surface area contributed by atoms with E-state index in [1.165, 1.54) is 6.21 Å². The van der Waals surface area contributed by atoms with Crippen LogP contribution in [0.15, 0.2) is 40.1 Å². The molecule has 1 heterocycles. The molecule has 12 heavy (non-hydrogen) atoms. The van der Waals surface area contributed by atoms with Gasteiger partial charge in [-0.25, -0.2) is 0 Å². The second-order valence-electron chi connectivity index (χ2n) is 2.43. The molecule has 1 aromatic heterocycles. The predicted molar refractivity (Wildman–Crippen MR) is 45.6 cm³/mol. The van der Waals surface area contributed by atoms with E-state index in [1.807, 2.05) is 24.3 Å². The molecule has 1 N–H and O–H groups in total. The molecule has 2 aromatic rings. The lowest BCUT2D eigenvalue weighted by molar-refractivity contribution is 0.322. The minimum absolute atomic E-state index is 0.785. The molecular formula is C9H7NO2. The molecule has 2 rings (SSSR count). The Labute approximate surface area is 68.9 Å². The Morgan fingerprint density at radius 2 is 2.17 bits per heavy atom. The van der Waals surface area contributed by atoms with Crippen molar-refractivity contribution in [3.63, 3.8) is 0 Å². The molecule has 0 amide bonds.